The van der Waals surface area contributed by atoms with Crippen LogP contribution >= 0.6 is 12.4 Å². The van der Waals surface area contributed by atoms with Crippen LogP contribution in [0.5, 0.6) is 0 Å². The van der Waals surface area contributed by atoms with Crippen molar-refractivity contribution in [2.45, 2.75) is 32.5 Å². The van der Waals surface area contributed by atoms with Crippen LogP contribution in [0.25, 0.3) is 0 Å². The summed E-state index contributed by atoms with van der Waals surface area (Å²) in [6, 6.07) is 32.1. The lowest BCUT2D eigenvalue weighted by Gasteiger charge is -2.28. The second kappa shape index (κ2) is 13.0. The third-order valence-corrected chi connectivity index (χ3v) is 6.02. The average molecular weight is 467 g/mol. The molecule has 0 radical (unpaired) electrons. The largest absolute Gasteiger partial charge is 0.412 e. The molecule has 3 aromatic rings. The highest BCUT2D eigenvalue weighted by Crippen LogP contribution is 2.26. The lowest BCUT2D eigenvalue weighted by Crippen LogP contribution is -2.37. The van der Waals surface area contributed by atoms with Gasteiger partial charge in [-0.05, 0) is 36.6 Å². The highest BCUT2D eigenvalue weighted by molar-refractivity contribution is 5.96. The molecule has 1 saturated heterocycles. The van der Waals surface area contributed by atoms with E-state index in [1.54, 1.807) is 0 Å². The molecule has 6 heteroatoms. The van der Waals surface area contributed by atoms with Gasteiger partial charge in [0.1, 0.15) is 0 Å². The molecule has 0 aliphatic carbocycles. The maximum Gasteiger partial charge on any atom is 0.198 e. The van der Waals surface area contributed by atoms with Gasteiger partial charge in [-0.3, -0.25) is 10.3 Å². The van der Waals surface area contributed by atoms with Crippen LogP contribution in [0, 0.1) is 5.41 Å². The molecule has 0 spiro atoms. The van der Waals surface area contributed by atoms with Crippen molar-refractivity contribution in [3.63, 3.8) is 0 Å². The first-order chi connectivity index (χ1) is 15.2. The number of hydrogen-bond acceptors (Lipinski definition) is 2. The molecule has 33 heavy (non-hydrogen) atoms. The van der Waals surface area contributed by atoms with Gasteiger partial charge < -0.3 is 15.3 Å². The van der Waals surface area contributed by atoms with Gasteiger partial charge >= 0.3 is 0 Å². The summed E-state index contributed by atoms with van der Waals surface area (Å²) in [6.45, 7) is 6.77. The van der Waals surface area contributed by atoms with Crippen molar-refractivity contribution >= 4 is 24.1 Å². The maximum absolute atomic E-state index is 8.71. The summed E-state index contributed by atoms with van der Waals surface area (Å²) in [4.78, 5) is 6.93. The third kappa shape index (κ3) is 6.81. The van der Waals surface area contributed by atoms with Gasteiger partial charge in [0, 0.05) is 38.4 Å². The van der Waals surface area contributed by atoms with Gasteiger partial charge in [-0.1, -0.05) is 78.9 Å². The Labute approximate surface area is 203 Å². The van der Waals surface area contributed by atoms with E-state index in [4.69, 9.17) is 5.41 Å². The fourth-order valence-corrected chi connectivity index (χ4v) is 4.40. The van der Waals surface area contributed by atoms with E-state index < -0.39 is 0 Å². The van der Waals surface area contributed by atoms with Gasteiger partial charge in [0.15, 0.2) is 5.96 Å². The molecule has 1 atom stereocenters. The number of hydrogen-bond donors (Lipinski definition) is 1. The summed E-state index contributed by atoms with van der Waals surface area (Å²) in [7, 11) is 0. The molecule has 1 aliphatic heterocycles. The first kappa shape index (κ1) is 26.4. The molecular formula is C27H35ClN4O. The first-order valence-electron chi connectivity index (χ1n) is 11.2. The molecule has 1 aliphatic rings. The van der Waals surface area contributed by atoms with E-state index in [2.05, 4.69) is 107 Å². The van der Waals surface area contributed by atoms with E-state index in [1.807, 2.05) is 6.07 Å². The topological polar surface area (TPSA) is 65.1 Å². The Balaban J connectivity index is 0.00000193. The molecule has 0 aromatic heterocycles. The molecule has 3 aromatic carbocycles. The Kier molecular flexibility index (Phi) is 10.4. The lowest BCUT2D eigenvalue weighted by atomic mass is 10.1. The normalized spacial score (nSPS) is 15.3. The van der Waals surface area contributed by atoms with E-state index in [1.165, 1.54) is 11.1 Å². The molecule has 5 nitrogen and oxygen atoms in total. The zero-order chi connectivity index (χ0) is 21.5. The van der Waals surface area contributed by atoms with Gasteiger partial charge in [-0.15, -0.1) is 12.4 Å². The summed E-state index contributed by atoms with van der Waals surface area (Å²) in [5.41, 5.74) is 3.80. The molecule has 1 unspecified atom stereocenters. The van der Waals surface area contributed by atoms with Gasteiger partial charge in [0.25, 0.3) is 0 Å². The molecule has 4 rings (SSSR count). The number of nitrogens with zero attached hydrogens (tertiary/aromatic N) is 3. The number of anilines is 1. The molecule has 0 saturated carbocycles. The van der Waals surface area contributed by atoms with Crippen molar-refractivity contribution in [3.05, 3.63) is 102 Å². The zero-order valence-corrected chi connectivity index (χ0v) is 20.0. The Morgan fingerprint density at radius 1 is 0.818 bits per heavy atom. The summed E-state index contributed by atoms with van der Waals surface area (Å²) in [5.74, 6) is 0.622. The molecule has 1 fully saturated rings. The average Bonchev–Trinajstić information content (AvgIpc) is 3.14. The molecular weight excluding hydrogens is 432 g/mol. The standard InChI is InChI=1S/C27H32N4.ClH.H2O/c1-2-30-22-26(31(27(30)28)25-16-10-5-11-17-25)18-19-29(20-23-12-6-3-7-13-23)21-24-14-8-4-9-15-24;;/h3-17,26,28H,2,18-22H2,1H3;1H;1H2. The molecule has 0 bridgehead atoms. The number of guanidine groups is 1. The van der Waals surface area contributed by atoms with Crippen molar-refractivity contribution in [1.82, 2.24) is 9.80 Å². The van der Waals surface area contributed by atoms with E-state index in [0.717, 1.165) is 44.8 Å². The van der Waals surface area contributed by atoms with E-state index in [-0.39, 0.29) is 17.9 Å². The quantitative estimate of drug-likeness (QED) is 0.491. The van der Waals surface area contributed by atoms with Crippen LogP contribution in [0.3, 0.4) is 0 Å². The van der Waals surface area contributed by atoms with Gasteiger partial charge in [-0.2, -0.15) is 0 Å². The lowest BCUT2D eigenvalue weighted by molar-refractivity contribution is 0.245. The van der Waals surface area contributed by atoms with Crippen LogP contribution in [0.15, 0.2) is 91.0 Å². The zero-order valence-electron chi connectivity index (χ0n) is 19.2. The Morgan fingerprint density at radius 2 is 1.30 bits per heavy atom. The van der Waals surface area contributed by atoms with E-state index >= 15 is 0 Å². The summed E-state index contributed by atoms with van der Waals surface area (Å²) >= 11 is 0. The fraction of sp³-hybridized carbons (Fsp3) is 0.296. The van der Waals surface area contributed by atoms with Gasteiger partial charge in [0.05, 0.1) is 6.04 Å². The summed E-state index contributed by atoms with van der Waals surface area (Å²) in [5, 5.41) is 8.71. The predicted molar refractivity (Wildman–Crippen MR) is 140 cm³/mol. The SMILES string of the molecule is CCN1CC(CCN(Cc2ccccc2)Cc2ccccc2)N(c2ccccc2)C1=N.Cl.O. The van der Waals surface area contributed by atoms with Crippen LogP contribution in [-0.4, -0.2) is 46.9 Å². The third-order valence-electron chi connectivity index (χ3n) is 6.02. The second-order valence-electron chi connectivity index (χ2n) is 8.19. The van der Waals surface area contributed by atoms with Gasteiger partial charge in [-0.25, -0.2) is 0 Å². The van der Waals surface area contributed by atoms with Crippen molar-refractivity contribution in [2.24, 2.45) is 0 Å². The molecule has 176 valence electrons. The highest BCUT2D eigenvalue weighted by atomic mass is 35.5. The Bertz CT molecular complexity index is 914. The molecule has 0 amide bonds. The van der Waals surface area contributed by atoms with Crippen LogP contribution in [-0.2, 0) is 13.1 Å². The number of likely N-dealkylation sites (N-methyl/N-ethyl adjacent to an activating group) is 1. The predicted octanol–water partition coefficient (Wildman–Crippen LogP) is 4.82. The second-order valence-corrected chi connectivity index (χ2v) is 8.19. The van der Waals surface area contributed by atoms with Crippen LogP contribution in [0.2, 0.25) is 0 Å². The first-order valence-corrected chi connectivity index (χ1v) is 11.2. The van der Waals surface area contributed by atoms with E-state index in [9.17, 15) is 0 Å². The number of nitrogens with one attached hydrogen (secondary N) is 1. The monoisotopic (exact) mass is 466 g/mol. The van der Waals surface area contributed by atoms with Crippen LogP contribution in [0.1, 0.15) is 24.5 Å². The smallest absolute Gasteiger partial charge is 0.198 e. The summed E-state index contributed by atoms with van der Waals surface area (Å²) in [6.07, 6.45) is 1.02. The van der Waals surface area contributed by atoms with Gasteiger partial charge in [0.2, 0.25) is 0 Å². The fourth-order valence-electron chi connectivity index (χ4n) is 4.40. The number of benzene rings is 3. The van der Waals surface area contributed by atoms with Crippen molar-refractivity contribution in [3.8, 4) is 0 Å². The Hall–Kier alpha value is -2.86. The minimum atomic E-state index is 0. The minimum Gasteiger partial charge on any atom is -0.412 e. The summed E-state index contributed by atoms with van der Waals surface area (Å²) < 4.78 is 0. The Morgan fingerprint density at radius 3 is 1.79 bits per heavy atom. The number of halogens is 1. The highest BCUT2D eigenvalue weighted by Gasteiger charge is 2.34. The number of rotatable bonds is 9. The maximum atomic E-state index is 8.71. The van der Waals surface area contributed by atoms with Crippen molar-refractivity contribution in [2.75, 3.05) is 24.5 Å². The van der Waals surface area contributed by atoms with Crippen LogP contribution in [0.4, 0.5) is 5.69 Å². The van der Waals surface area contributed by atoms with E-state index in [0.29, 0.717) is 12.0 Å². The number of para-hydroxylation sites is 1. The van der Waals surface area contributed by atoms with Crippen LogP contribution < -0.4 is 4.90 Å². The molecule has 1 heterocycles. The molecule has 3 N–H and O–H groups in total. The van der Waals surface area contributed by atoms with Crippen molar-refractivity contribution in [1.29, 1.82) is 5.41 Å². The van der Waals surface area contributed by atoms with Crippen molar-refractivity contribution < 1.29 is 5.48 Å². The minimum absolute atomic E-state index is 0.